The van der Waals surface area contributed by atoms with Crippen LogP contribution in [0.4, 0.5) is 4.79 Å². The Morgan fingerprint density at radius 3 is 1.78 bits per heavy atom. The Bertz CT molecular complexity index is 2730. The Morgan fingerprint density at radius 1 is 0.776 bits per heavy atom. The third kappa shape index (κ3) is 8.79. The van der Waals surface area contributed by atoms with Gasteiger partial charge in [0.05, 0.1) is 33.0 Å². The molecule has 0 bridgehead atoms. The van der Waals surface area contributed by atoms with Crippen LogP contribution in [0.5, 0.6) is 0 Å². The lowest BCUT2D eigenvalue weighted by molar-refractivity contribution is -0.143. The first kappa shape index (κ1) is 45.6. The zero-order valence-corrected chi connectivity index (χ0v) is 39.6. The van der Waals surface area contributed by atoms with Gasteiger partial charge in [0, 0.05) is 30.2 Å². The minimum absolute atomic E-state index is 0.00656. The average Bonchev–Trinajstić information content (AvgIpc) is 4.06. The predicted molar refractivity (Wildman–Crippen MR) is 268 cm³/mol. The lowest BCUT2D eigenvalue weighted by Gasteiger charge is -2.47. The summed E-state index contributed by atoms with van der Waals surface area (Å²) < 4.78 is -2.14. The predicted octanol–water partition coefficient (Wildman–Crippen LogP) is 10.9. The number of carboxylic acid groups (broad SMARTS) is 1. The van der Waals surface area contributed by atoms with E-state index in [2.05, 4.69) is 58.8 Å². The van der Waals surface area contributed by atoms with E-state index in [0.717, 1.165) is 60.6 Å². The number of hydrogen-bond acceptors (Lipinski definition) is 7. The molecule has 2 aliphatic rings. The molecule has 7 aromatic rings. The lowest BCUT2D eigenvalue weighted by atomic mass is 9.84. The summed E-state index contributed by atoms with van der Waals surface area (Å²) in [6.07, 6.45) is -2.26. The molecule has 1 saturated heterocycles. The number of β-amino-alcohol motifs (C(OH)–C–C–N with tert-alkyl or cyclic N) is 1. The van der Waals surface area contributed by atoms with E-state index in [1.807, 2.05) is 148 Å². The highest BCUT2D eigenvalue weighted by atomic mass is 32.2. The van der Waals surface area contributed by atoms with Crippen molar-refractivity contribution in [2.45, 2.75) is 73.8 Å². The van der Waals surface area contributed by atoms with Gasteiger partial charge in [-0.15, -0.1) is 23.1 Å². The van der Waals surface area contributed by atoms with Gasteiger partial charge in [-0.05, 0) is 77.8 Å². The van der Waals surface area contributed by atoms with E-state index in [0.29, 0.717) is 0 Å². The zero-order chi connectivity index (χ0) is 46.9. The fraction of sp³-hybridized carbons (Fsp3) is 0.250. The van der Waals surface area contributed by atoms with E-state index in [1.54, 1.807) is 11.3 Å². The van der Waals surface area contributed by atoms with Gasteiger partial charge >= 0.3 is 6.09 Å². The second-order valence-electron chi connectivity index (χ2n) is 18.1. The second kappa shape index (κ2) is 19.0. The molecule has 67 heavy (non-hydrogen) atoms. The number of hydrogen-bond donors (Lipinski definition) is 3. The maximum Gasteiger partial charge on any atom is 0.408 e. The van der Waals surface area contributed by atoms with Crippen LogP contribution in [-0.2, 0) is 14.3 Å². The first-order valence-corrected chi connectivity index (χ1v) is 24.4. The largest absolute Gasteiger partial charge is 0.465 e. The highest BCUT2D eigenvalue weighted by Gasteiger charge is 2.54. The van der Waals surface area contributed by atoms with Gasteiger partial charge in [-0.2, -0.15) is 0 Å². The van der Waals surface area contributed by atoms with Gasteiger partial charge in [-0.3, -0.25) is 14.5 Å². The number of aromatic nitrogens is 1. The summed E-state index contributed by atoms with van der Waals surface area (Å²) in [4.78, 5) is 53.0. The molecule has 1 aliphatic heterocycles. The first-order valence-electron chi connectivity index (χ1n) is 22.7. The molecular formula is C56H54N4O5S2. The van der Waals surface area contributed by atoms with Crippen LogP contribution in [0.15, 0.2) is 169 Å². The van der Waals surface area contributed by atoms with Crippen LogP contribution in [0.25, 0.3) is 21.6 Å². The minimum atomic E-state index is -1.34. The summed E-state index contributed by atoms with van der Waals surface area (Å²) >= 11 is 3.10. The molecular weight excluding hydrogens is 873 g/mol. The molecule has 340 valence electrons. The molecule has 4 atom stereocenters. The molecule has 11 heteroatoms. The molecule has 6 aromatic carbocycles. The van der Waals surface area contributed by atoms with E-state index in [-0.39, 0.29) is 25.4 Å². The van der Waals surface area contributed by atoms with E-state index < -0.39 is 51.6 Å². The number of aliphatic hydroxyl groups is 1. The van der Waals surface area contributed by atoms with Crippen molar-refractivity contribution in [2.75, 3.05) is 13.1 Å². The summed E-state index contributed by atoms with van der Waals surface area (Å²) in [6, 6.07) is 51.6. The Morgan fingerprint density at radius 2 is 1.28 bits per heavy atom. The molecule has 1 unspecified atom stereocenters. The number of benzene rings is 6. The molecule has 1 aliphatic carbocycles. The SMILES string of the molecule is Cc1ncsc1-c1ccc([C@H](C)NC(=O)[C@@H]2C[C@@H](O)CN2C(=O)C(N(CC2c3ccccc3-c3ccccc32)C(=O)O)C(C)(C)SC(c2ccccc2)(c2ccccc2)c2ccccc2)cc1. The van der Waals surface area contributed by atoms with Crippen LogP contribution in [0.3, 0.4) is 0 Å². The van der Waals surface area contributed by atoms with E-state index in [1.165, 1.54) is 21.6 Å². The fourth-order valence-electron chi connectivity index (χ4n) is 10.3. The summed E-state index contributed by atoms with van der Waals surface area (Å²) in [6.45, 7) is 7.60. The van der Waals surface area contributed by atoms with Crippen LogP contribution >= 0.6 is 23.1 Å². The molecule has 9 rings (SSSR count). The number of fused-ring (bicyclic) bond motifs is 3. The van der Waals surface area contributed by atoms with Gasteiger partial charge in [0.2, 0.25) is 11.8 Å². The number of aliphatic hydroxyl groups excluding tert-OH is 1. The number of nitrogens with one attached hydrogen (secondary N) is 1. The number of carbonyl (C=O) groups is 3. The van der Waals surface area contributed by atoms with Crippen molar-refractivity contribution in [1.82, 2.24) is 20.1 Å². The first-order chi connectivity index (χ1) is 32.4. The van der Waals surface area contributed by atoms with Crippen molar-refractivity contribution in [3.8, 4) is 21.6 Å². The van der Waals surface area contributed by atoms with Gasteiger partial charge in [-0.1, -0.05) is 164 Å². The Labute approximate surface area is 400 Å². The summed E-state index contributed by atoms with van der Waals surface area (Å²) in [5, 5.41) is 26.1. The number of thiazole rings is 1. The van der Waals surface area contributed by atoms with Gasteiger partial charge in [0.25, 0.3) is 0 Å². The zero-order valence-electron chi connectivity index (χ0n) is 38.0. The maximum absolute atomic E-state index is 16.0. The number of nitrogens with zero attached hydrogens (tertiary/aromatic N) is 3. The molecule has 2 heterocycles. The fourth-order valence-corrected chi connectivity index (χ4v) is 13.0. The standard InChI is InChI=1S/C56H54N4O5S2/c1-36(38-28-30-39(31-29-38)50-37(2)57-35-66-50)58-52(62)49-32-43(61)33-59(49)53(63)51(60(54(64)65)34-48-46-26-16-14-24-44(46)45-25-15-17-27-47(45)48)55(3,4)67-56(40-18-8-5-9-19-40,41-20-10-6-11-21-41)42-22-12-7-13-23-42/h5-31,35-36,43,48-49,51,61H,32-34H2,1-4H3,(H,58,62)(H,64,65)/t36-,43+,49-,51?/m0/s1. The average molecular weight is 927 g/mol. The third-order valence-electron chi connectivity index (χ3n) is 13.4. The van der Waals surface area contributed by atoms with Gasteiger partial charge in [0.1, 0.15) is 12.1 Å². The maximum atomic E-state index is 16.0. The van der Waals surface area contributed by atoms with Crippen LogP contribution < -0.4 is 5.32 Å². The second-order valence-corrected chi connectivity index (χ2v) is 20.8. The topological polar surface area (TPSA) is 123 Å². The van der Waals surface area contributed by atoms with Crippen molar-refractivity contribution in [1.29, 1.82) is 0 Å². The van der Waals surface area contributed by atoms with Crippen molar-refractivity contribution < 1.29 is 24.6 Å². The molecule has 0 radical (unpaired) electrons. The summed E-state index contributed by atoms with van der Waals surface area (Å²) in [5.74, 6) is -1.34. The third-order valence-corrected chi connectivity index (χ3v) is 16.1. The molecule has 3 amide bonds. The highest BCUT2D eigenvalue weighted by Crippen LogP contribution is 2.55. The number of aryl methyl sites for hydroxylation is 1. The Balaban J connectivity index is 1.13. The smallest absolute Gasteiger partial charge is 0.408 e. The van der Waals surface area contributed by atoms with Crippen LogP contribution in [-0.4, -0.2) is 78.9 Å². The molecule has 9 nitrogen and oxygen atoms in total. The Hall–Kier alpha value is -6.53. The number of likely N-dealkylation sites (tertiary alicyclic amines) is 1. The summed E-state index contributed by atoms with van der Waals surface area (Å²) in [5.41, 5.74) is 11.6. The quantitative estimate of drug-likeness (QED) is 0.0928. The van der Waals surface area contributed by atoms with Gasteiger partial charge in [0.15, 0.2) is 0 Å². The molecule has 1 aromatic heterocycles. The molecule has 0 spiro atoms. The monoisotopic (exact) mass is 926 g/mol. The highest BCUT2D eigenvalue weighted by molar-refractivity contribution is 8.02. The van der Waals surface area contributed by atoms with Gasteiger partial charge < -0.3 is 20.4 Å². The van der Waals surface area contributed by atoms with Gasteiger partial charge in [-0.25, -0.2) is 9.78 Å². The normalized spacial score (nSPS) is 16.8. The van der Waals surface area contributed by atoms with Crippen LogP contribution in [0, 0.1) is 6.92 Å². The number of rotatable bonds is 14. The van der Waals surface area contributed by atoms with Crippen molar-refractivity contribution >= 4 is 41.0 Å². The van der Waals surface area contributed by atoms with Crippen molar-refractivity contribution in [3.05, 3.63) is 208 Å². The van der Waals surface area contributed by atoms with E-state index in [9.17, 15) is 19.8 Å². The van der Waals surface area contributed by atoms with Crippen molar-refractivity contribution in [3.63, 3.8) is 0 Å². The summed E-state index contributed by atoms with van der Waals surface area (Å²) in [7, 11) is 0. The number of carbonyl (C=O) groups excluding carboxylic acids is 2. The lowest BCUT2D eigenvalue weighted by Crippen LogP contribution is -2.62. The van der Waals surface area contributed by atoms with Crippen LogP contribution in [0.1, 0.15) is 78.2 Å². The number of thioether (sulfide) groups is 1. The van der Waals surface area contributed by atoms with E-state index in [4.69, 9.17) is 0 Å². The molecule has 1 fully saturated rings. The Kier molecular flexibility index (Phi) is 12.9. The minimum Gasteiger partial charge on any atom is -0.465 e. The molecule has 3 N–H and O–H groups in total. The molecule has 0 saturated carbocycles. The number of amides is 3. The van der Waals surface area contributed by atoms with Crippen LogP contribution in [0.2, 0.25) is 0 Å². The van der Waals surface area contributed by atoms with Crippen molar-refractivity contribution in [2.24, 2.45) is 0 Å². The van der Waals surface area contributed by atoms with E-state index >= 15 is 4.79 Å².